The van der Waals surface area contributed by atoms with E-state index in [1.165, 1.54) is 31.9 Å². The maximum absolute atomic E-state index is 11.7. The summed E-state index contributed by atoms with van der Waals surface area (Å²) >= 11 is 0. The fraction of sp³-hybridized carbons (Fsp3) is 0.929. The Kier molecular flexibility index (Phi) is 4.06. The predicted octanol–water partition coefficient (Wildman–Crippen LogP) is 1.26. The lowest BCUT2D eigenvalue weighted by atomic mass is 9.68. The number of likely N-dealkylation sites (tertiary alicyclic amines) is 1. The highest BCUT2D eigenvalue weighted by atomic mass is 32.2. The van der Waals surface area contributed by atoms with Gasteiger partial charge in [0.1, 0.15) is 0 Å². The molecule has 0 radical (unpaired) electrons. The first-order chi connectivity index (χ1) is 9.19. The average Bonchev–Trinajstić information content (AvgIpc) is 2.73. The molecule has 1 aliphatic heterocycles. The zero-order chi connectivity index (χ0) is 15.0. The smallest absolute Gasteiger partial charge is 0.193 e. The lowest BCUT2D eigenvalue weighted by molar-refractivity contribution is 0.151. The van der Waals surface area contributed by atoms with Gasteiger partial charge in [0.25, 0.3) is 0 Å². The van der Waals surface area contributed by atoms with Gasteiger partial charge in [0, 0.05) is 32.9 Å². The quantitative estimate of drug-likeness (QED) is 0.630. The molecular formula is C14H27N3O2S. The average molecular weight is 301 g/mol. The number of aliphatic imine (C=N–C) groups is 1. The SMILES string of the molecule is CN=C(NCC(C)(C)S(C)(=O)=O)N1CCC2(CCC2)C1. The minimum atomic E-state index is -3.08. The first kappa shape index (κ1) is 15.6. The number of hydrogen-bond donors (Lipinski definition) is 1. The molecule has 1 saturated carbocycles. The summed E-state index contributed by atoms with van der Waals surface area (Å²) in [6.07, 6.45) is 6.53. The number of hydrogen-bond acceptors (Lipinski definition) is 3. The minimum absolute atomic E-state index is 0.391. The third-order valence-electron chi connectivity index (χ3n) is 5.04. The second kappa shape index (κ2) is 5.20. The van der Waals surface area contributed by atoms with Crippen LogP contribution in [0.5, 0.6) is 0 Å². The van der Waals surface area contributed by atoms with Crippen LogP contribution in [-0.4, -0.2) is 57.0 Å². The molecule has 1 aliphatic carbocycles. The first-order valence-electron chi connectivity index (χ1n) is 7.34. The van der Waals surface area contributed by atoms with Gasteiger partial charge in [-0.2, -0.15) is 0 Å². The van der Waals surface area contributed by atoms with Gasteiger partial charge in [0.2, 0.25) is 0 Å². The summed E-state index contributed by atoms with van der Waals surface area (Å²) in [5.74, 6) is 0.838. The van der Waals surface area contributed by atoms with Gasteiger partial charge in [-0.15, -0.1) is 0 Å². The molecule has 0 amide bonds. The standard InChI is InChI=1S/C14H27N3O2S/c1-13(2,20(4,18)19)10-16-12(15-3)17-9-8-14(11-17)6-5-7-14/h5-11H2,1-4H3,(H,15,16). The Hall–Kier alpha value is -0.780. The summed E-state index contributed by atoms with van der Waals surface area (Å²) in [7, 11) is -1.32. The molecule has 116 valence electrons. The molecule has 1 N–H and O–H groups in total. The van der Waals surface area contributed by atoms with Crippen molar-refractivity contribution in [2.75, 3.05) is 32.9 Å². The topological polar surface area (TPSA) is 61.8 Å². The maximum atomic E-state index is 11.7. The van der Waals surface area contributed by atoms with Crippen LogP contribution in [0.25, 0.3) is 0 Å². The molecule has 1 heterocycles. The second-order valence-corrected chi connectivity index (χ2v) is 9.61. The molecular weight excluding hydrogens is 274 g/mol. The molecule has 0 aromatic heterocycles. The van der Waals surface area contributed by atoms with E-state index in [9.17, 15) is 8.42 Å². The van der Waals surface area contributed by atoms with Gasteiger partial charge in [-0.25, -0.2) is 8.42 Å². The lowest BCUT2D eigenvalue weighted by Gasteiger charge is -2.38. The van der Waals surface area contributed by atoms with Crippen molar-refractivity contribution in [3.63, 3.8) is 0 Å². The normalized spacial score (nSPS) is 23.0. The number of rotatable bonds is 3. The molecule has 20 heavy (non-hydrogen) atoms. The van der Waals surface area contributed by atoms with Gasteiger partial charge in [0.05, 0.1) is 4.75 Å². The highest BCUT2D eigenvalue weighted by molar-refractivity contribution is 7.92. The molecule has 2 rings (SSSR count). The molecule has 0 aromatic rings. The fourth-order valence-electron chi connectivity index (χ4n) is 2.96. The number of sulfone groups is 1. The summed E-state index contributed by atoms with van der Waals surface area (Å²) in [5.41, 5.74) is 0.518. The van der Waals surface area contributed by atoms with Crippen molar-refractivity contribution in [1.29, 1.82) is 0 Å². The minimum Gasteiger partial charge on any atom is -0.355 e. The Morgan fingerprint density at radius 1 is 1.35 bits per heavy atom. The largest absolute Gasteiger partial charge is 0.355 e. The third-order valence-corrected chi connectivity index (χ3v) is 7.19. The van der Waals surface area contributed by atoms with Gasteiger partial charge in [0.15, 0.2) is 15.8 Å². The van der Waals surface area contributed by atoms with Crippen LogP contribution in [0.1, 0.15) is 39.5 Å². The first-order valence-corrected chi connectivity index (χ1v) is 9.24. The molecule has 2 aliphatic rings. The molecule has 2 fully saturated rings. The van der Waals surface area contributed by atoms with E-state index in [1.54, 1.807) is 20.9 Å². The summed E-state index contributed by atoms with van der Waals surface area (Å²) in [6, 6.07) is 0. The monoisotopic (exact) mass is 301 g/mol. The van der Waals surface area contributed by atoms with Crippen LogP contribution in [0.2, 0.25) is 0 Å². The van der Waals surface area contributed by atoms with Crippen LogP contribution >= 0.6 is 0 Å². The van der Waals surface area contributed by atoms with Gasteiger partial charge >= 0.3 is 0 Å². The van der Waals surface area contributed by atoms with Crippen molar-refractivity contribution in [2.24, 2.45) is 10.4 Å². The molecule has 0 atom stereocenters. The van der Waals surface area contributed by atoms with E-state index in [2.05, 4.69) is 15.2 Å². The van der Waals surface area contributed by atoms with Crippen molar-refractivity contribution in [1.82, 2.24) is 10.2 Å². The van der Waals surface area contributed by atoms with E-state index in [0.717, 1.165) is 19.0 Å². The van der Waals surface area contributed by atoms with Crippen LogP contribution in [0, 0.1) is 5.41 Å². The van der Waals surface area contributed by atoms with E-state index >= 15 is 0 Å². The van der Waals surface area contributed by atoms with Gasteiger partial charge < -0.3 is 10.2 Å². The summed E-state index contributed by atoms with van der Waals surface area (Å²) in [5, 5.41) is 3.24. The zero-order valence-corrected chi connectivity index (χ0v) is 13.9. The van der Waals surface area contributed by atoms with E-state index in [0.29, 0.717) is 12.0 Å². The summed E-state index contributed by atoms with van der Waals surface area (Å²) in [4.78, 5) is 6.59. The van der Waals surface area contributed by atoms with E-state index in [1.807, 2.05) is 0 Å². The molecule has 1 saturated heterocycles. The summed E-state index contributed by atoms with van der Waals surface area (Å²) < 4.78 is 22.7. The molecule has 0 aromatic carbocycles. The van der Waals surface area contributed by atoms with E-state index in [4.69, 9.17) is 0 Å². The molecule has 1 spiro atoms. The van der Waals surface area contributed by atoms with Crippen LogP contribution in [0.4, 0.5) is 0 Å². The highest BCUT2D eigenvalue weighted by Gasteiger charge is 2.43. The van der Waals surface area contributed by atoms with Gasteiger partial charge in [-0.1, -0.05) is 6.42 Å². The van der Waals surface area contributed by atoms with E-state index in [-0.39, 0.29) is 0 Å². The number of guanidine groups is 1. The lowest BCUT2D eigenvalue weighted by Crippen LogP contribution is -2.49. The molecule has 0 unspecified atom stereocenters. The molecule has 5 nitrogen and oxygen atoms in total. The van der Waals surface area contributed by atoms with Crippen molar-refractivity contribution in [3.8, 4) is 0 Å². The van der Waals surface area contributed by atoms with Gasteiger partial charge in [-0.3, -0.25) is 4.99 Å². The van der Waals surface area contributed by atoms with Crippen LogP contribution in [0.3, 0.4) is 0 Å². The maximum Gasteiger partial charge on any atom is 0.193 e. The Labute approximate surface area is 122 Å². The van der Waals surface area contributed by atoms with Gasteiger partial charge in [-0.05, 0) is 38.5 Å². The zero-order valence-electron chi connectivity index (χ0n) is 13.1. The Morgan fingerprint density at radius 2 is 2.00 bits per heavy atom. The number of nitrogens with one attached hydrogen (secondary N) is 1. The molecule has 0 bridgehead atoms. The van der Waals surface area contributed by atoms with Crippen LogP contribution < -0.4 is 5.32 Å². The third kappa shape index (κ3) is 2.95. The summed E-state index contributed by atoms with van der Waals surface area (Å²) in [6.45, 7) is 5.98. The Balaban J connectivity index is 1.94. The van der Waals surface area contributed by atoms with Crippen LogP contribution in [0.15, 0.2) is 4.99 Å². The number of nitrogens with zero attached hydrogens (tertiary/aromatic N) is 2. The van der Waals surface area contributed by atoms with Crippen LogP contribution in [-0.2, 0) is 9.84 Å². The van der Waals surface area contributed by atoms with Crippen molar-refractivity contribution < 1.29 is 8.42 Å². The highest BCUT2D eigenvalue weighted by Crippen LogP contribution is 2.47. The van der Waals surface area contributed by atoms with Crippen molar-refractivity contribution >= 4 is 15.8 Å². The predicted molar refractivity (Wildman–Crippen MR) is 82.8 cm³/mol. The van der Waals surface area contributed by atoms with E-state index < -0.39 is 14.6 Å². The van der Waals surface area contributed by atoms with Crippen molar-refractivity contribution in [2.45, 2.75) is 44.3 Å². The molecule has 6 heteroatoms. The second-order valence-electron chi connectivity index (χ2n) is 6.96. The van der Waals surface area contributed by atoms with Crippen molar-refractivity contribution in [3.05, 3.63) is 0 Å². The Morgan fingerprint density at radius 3 is 2.40 bits per heavy atom. The fourth-order valence-corrected chi connectivity index (χ4v) is 3.29. The Bertz CT molecular complexity index is 493.